The van der Waals surface area contributed by atoms with E-state index in [0.717, 1.165) is 17.4 Å². The molecule has 0 saturated heterocycles. The number of hydrogen-bond donors (Lipinski definition) is 0. The molecule has 0 saturated carbocycles. The van der Waals surface area contributed by atoms with Gasteiger partial charge in [-0.2, -0.15) is 0 Å². The molecule has 0 aromatic heterocycles. The van der Waals surface area contributed by atoms with Crippen LogP contribution in [0.3, 0.4) is 0 Å². The second kappa shape index (κ2) is 6.07. The molecule has 2 aromatic rings. The molecule has 1 aliphatic rings. The highest BCUT2D eigenvalue weighted by Gasteiger charge is 2.05. The first-order chi connectivity index (χ1) is 10.3. The number of carbonyl (C=O) groups is 1. The molecule has 2 aromatic carbocycles. The summed E-state index contributed by atoms with van der Waals surface area (Å²) in [5.74, 6) is 6.64. The van der Waals surface area contributed by atoms with Gasteiger partial charge in [-0.25, -0.2) is 0 Å². The Kier molecular flexibility index (Phi) is 3.80. The van der Waals surface area contributed by atoms with Crippen molar-refractivity contribution in [3.05, 3.63) is 95.1 Å². The van der Waals surface area contributed by atoms with Crippen molar-refractivity contribution in [2.45, 2.75) is 5.92 Å². The largest absolute Gasteiger partial charge is 0.298 e. The molecule has 0 fully saturated rings. The minimum atomic E-state index is 0.392. The van der Waals surface area contributed by atoms with E-state index in [-0.39, 0.29) is 0 Å². The highest BCUT2D eigenvalue weighted by atomic mass is 16.1. The summed E-state index contributed by atoms with van der Waals surface area (Å²) in [5.41, 5.74) is 3.85. The molecule has 0 bridgehead atoms. The van der Waals surface area contributed by atoms with Crippen LogP contribution in [-0.4, -0.2) is 6.29 Å². The Morgan fingerprint density at radius 2 is 1.29 bits per heavy atom. The van der Waals surface area contributed by atoms with Gasteiger partial charge in [-0.1, -0.05) is 60.4 Å². The van der Waals surface area contributed by atoms with Gasteiger partial charge in [-0.05, 0) is 29.8 Å². The predicted molar refractivity (Wildman–Crippen MR) is 85.3 cm³/mol. The lowest BCUT2D eigenvalue weighted by molar-refractivity contribution is 0.112. The predicted octanol–water partition coefficient (Wildman–Crippen LogP) is 4.11. The van der Waals surface area contributed by atoms with Crippen molar-refractivity contribution >= 4 is 6.29 Å². The van der Waals surface area contributed by atoms with Crippen molar-refractivity contribution in [2.24, 2.45) is 0 Å². The standard InChI is InChI=1S/C20H14O/c21-15-18-9-7-16(8-10-18)5-6-17-11-13-20(14-12-17)19-3-1-2-4-19/h1-4,7-15,19H. The summed E-state index contributed by atoms with van der Waals surface area (Å²) in [5, 5.41) is 0. The Bertz CT molecular complexity index is 738. The number of benzene rings is 2. The third-order valence-corrected chi connectivity index (χ3v) is 3.44. The van der Waals surface area contributed by atoms with Gasteiger partial charge in [0.05, 0.1) is 0 Å². The zero-order chi connectivity index (χ0) is 14.5. The van der Waals surface area contributed by atoms with Gasteiger partial charge in [0.15, 0.2) is 0 Å². The summed E-state index contributed by atoms with van der Waals surface area (Å²) < 4.78 is 0. The fourth-order valence-electron chi connectivity index (χ4n) is 2.23. The Balaban J connectivity index is 1.75. The van der Waals surface area contributed by atoms with Gasteiger partial charge in [-0.15, -0.1) is 0 Å². The van der Waals surface area contributed by atoms with Crippen LogP contribution in [0.4, 0.5) is 0 Å². The summed E-state index contributed by atoms with van der Waals surface area (Å²) in [7, 11) is 0. The van der Waals surface area contributed by atoms with Crippen LogP contribution in [0.5, 0.6) is 0 Å². The molecule has 0 N–H and O–H groups in total. The minimum Gasteiger partial charge on any atom is -0.298 e. The molecular formula is C20H14O. The molecule has 0 amide bonds. The topological polar surface area (TPSA) is 17.1 Å². The zero-order valence-electron chi connectivity index (χ0n) is 11.5. The van der Waals surface area contributed by atoms with Gasteiger partial charge >= 0.3 is 0 Å². The molecule has 0 atom stereocenters. The van der Waals surface area contributed by atoms with Crippen LogP contribution in [0.15, 0.2) is 72.8 Å². The molecule has 21 heavy (non-hydrogen) atoms. The van der Waals surface area contributed by atoms with E-state index in [9.17, 15) is 4.79 Å². The lowest BCUT2D eigenvalue weighted by Gasteiger charge is -2.04. The van der Waals surface area contributed by atoms with E-state index < -0.39 is 0 Å². The molecule has 0 spiro atoms. The maximum atomic E-state index is 10.6. The third kappa shape index (κ3) is 3.19. The number of allylic oxidation sites excluding steroid dienone is 4. The first-order valence-corrected chi connectivity index (χ1v) is 6.87. The van der Waals surface area contributed by atoms with Crippen molar-refractivity contribution in [3.8, 4) is 11.8 Å². The molecule has 1 aliphatic carbocycles. The molecule has 3 rings (SSSR count). The average molecular weight is 270 g/mol. The van der Waals surface area contributed by atoms with Crippen molar-refractivity contribution in [2.75, 3.05) is 0 Å². The van der Waals surface area contributed by atoms with Gasteiger partial charge in [0.1, 0.15) is 6.29 Å². The molecule has 0 aliphatic heterocycles. The zero-order valence-corrected chi connectivity index (χ0v) is 11.5. The van der Waals surface area contributed by atoms with Crippen molar-refractivity contribution < 1.29 is 4.79 Å². The highest BCUT2D eigenvalue weighted by Crippen LogP contribution is 2.22. The lowest BCUT2D eigenvalue weighted by atomic mass is 10.00. The van der Waals surface area contributed by atoms with Crippen LogP contribution in [0.25, 0.3) is 0 Å². The maximum absolute atomic E-state index is 10.6. The van der Waals surface area contributed by atoms with E-state index in [1.165, 1.54) is 5.56 Å². The molecule has 1 heteroatoms. The highest BCUT2D eigenvalue weighted by molar-refractivity contribution is 5.74. The summed E-state index contributed by atoms with van der Waals surface area (Å²) in [6.45, 7) is 0. The van der Waals surface area contributed by atoms with E-state index >= 15 is 0 Å². The fourth-order valence-corrected chi connectivity index (χ4v) is 2.23. The number of carbonyl (C=O) groups excluding carboxylic acids is 1. The second-order valence-electron chi connectivity index (χ2n) is 4.91. The van der Waals surface area contributed by atoms with Crippen molar-refractivity contribution in [3.63, 3.8) is 0 Å². The van der Waals surface area contributed by atoms with Gasteiger partial charge in [0.25, 0.3) is 0 Å². The molecule has 100 valence electrons. The Labute approximate surface area is 124 Å². The molecule has 0 heterocycles. The van der Waals surface area contributed by atoms with Crippen LogP contribution < -0.4 is 0 Å². The van der Waals surface area contributed by atoms with Gasteiger partial charge in [0.2, 0.25) is 0 Å². The molecular weight excluding hydrogens is 256 g/mol. The van der Waals surface area contributed by atoms with Crippen molar-refractivity contribution in [1.29, 1.82) is 0 Å². The number of rotatable bonds is 2. The Morgan fingerprint density at radius 1 is 0.762 bits per heavy atom. The average Bonchev–Trinajstić information content (AvgIpc) is 3.08. The summed E-state index contributed by atoms with van der Waals surface area (Å²) in [4.78, 5) is 10.6. The minimum absolute atomic E-state index is 0.392. The van der Waals surface area contributed by atoms with Crippen LogP contribution in [0, 0.1) is 11.8 Å². The van der Waals surface area contributed by atoms with Gasteiger partial charge in [-0.3, -0.25) is 4.79 Å². The smallest absolute Gasteiger partial charge is 0.150 e. The van der Waals surface area contributed by atoms with Gasteiger partial charge < -0.3 is 0 Å². The maximum Gasteiger partial charge on any atom is 0.150 e. The Morgan fingerprint density at radius 3 is 1.81 bits per heavy atom. The van der Waals surface area contributed by atoms with Crippen molar-refractivity contribution in [1.82, 2.24) is 0 Å². The SMILES string of the molecule is O=Cc1ccc(C#Cc2ccc(C3C=CC=C3)cc2)cc1. The summed E-state index contributed by atoms with van der Waals surface area (Å²) >= 11 is 0. The normalized spacial score (nSPS) is 13.0. The second-order valence-corrected chi connectivity index (χ2v) is 4.91. The van der Waals surface area contributed by atoms with Crippen LogP contribution in [-0.2, 0) is 0 Å². The first-order valence-electron chi connectivity index (χ1n) is 6.87. The third-order valence-electron chi connectivity index (χ3n) is 3.44. The number of hydrogen-bond acceptors (Lipinski definition) is 1. The quantitative estimate of drug-likeness (QED) is 0.593. The van der Waals surface area contributed by atoms with E-state index in [4.69, 9.17) is 0 Å². The summed E-state index contributed by atoms with van der Waals surface area (Å²) in [6, 6.07) is 15.6. The summed E-state index contributed by atoms with van der Waals surface area (Å²) in [6.07, 6.45) is 9.33. The van der Waals surface area contributed by atoms with E-state index in [2.05, 4.69) is 48.3 Å². The molecule has 1 nitrogen and oxygen atoms in total. The van der Waals surface area contributed by atoms with E-state index in [0.29, 0.717) is 11.5 Å². The van der Waals surface area contributed by atoms with Gasteiger partial charge in [0, 0.05) is 22.6 Å². The van der Waals surface area contributed by atoms with E-state index in [1.807, 2.05) is 24.3 Å². The van der Waals surface area contributed by atoms with Crippen LogP contribution >= 0.6 is 0 Å². The van der Waals surface area contributed by atoms with Crippen LogP contribution in [0.1, 0.15) is 33.0 Å². The number of aldehydes is 1. The monoisotopic (exact) mass is 270 g/mol. The first kappa shape index (κ1) is 13.1. The van der Waals surface area contributed by atoms with Crippen LogP contribution in [0.2, 0.25) is 0 Å². The molecule has 0 radical (unpaired) electrons. The Hall–Kier alpha value is -2.85. The van der Waals surface area contributed by atoms with E-state index in [1.54, 1.807) is 12.1 Å². The fraction of sp³-hybridized carbons (Fsp3) is 0.0500. The molecule has 0 unspecified atom stereocenters. The lowest BCUT2D eigenvalue weighted by Crippen LogP contribution is -1.88.